The SMILES string of the molecule is CCS(=O)(=O)NCCc1ccc(S(=O)(=O)N2CCCC(N)C2)s1.Cl. The fraction of sp³-hybridized carbons (Fsp3) is 0.692. The topological polar surface area (TPSA) is 110 Å². The molecule has 1 fully saturated rings. The summed E-state index contributed by atoms with van der Waals surface area (Å²) in [5.41, 5.74) is 5.86. The lowest BCUT2D eigenvalue weighted by Crippen LogP contribution is -2.45. The minimum absolute atomic E-state index is 0. The maximum atomic E-state index is 12.6. The molecule has 1 aromatic heterocycles. The molecular weight excluding hydrogens is 394 g/mol. The third-order valence-electron chi connectivity index (χ3n) is 3.73. The van der Waals surface area contributed by atoms with E-state index in [-0.39, 0.29) is 30.7 Å². The largest absolute Gasteiger partial charge is 0.327 e. The van der Waals surface area contributed by atoms with E-state index in [1.807, 2.05) is 0 Å². The molecule has 140 valence electrons. The summed E-state index contributed by atoms with van der Waals surface area (Å²) in [7, 11) is -6.72. The molecule has 0 aromatic carbocycles. The predicted octanol–water partition coefficient (Wildman–Crippen LogP) is 0.764. The maximum absolute atomic E-state index is 12.6. The van der Waals surface area contributed by atoms with E-state index in [9.17, 15) is 16.8 Å². The van der Waals surface area contributed by atoms with Crippen molar-refractivity contribution in [1.82, 2.24) is 9.03 Å². The van der Waals surface area contributed by atoms with E-state index >= 15 is 0 Å². The van der Waals surface area contributed by atoms with Gasteiger partial charge in [0.05, 0.1) is 5.75 Å². The molecule has 0 saturated carbocycles. The zero-order valence-electron chi connectivity index (χ0n) is 13.5. The van der Waals surface area contributed by atoms with E-state index < -0.39 is 20.0 Å². The van der Waals surface area contributed by atoms with Crippen LogP contribution in [0, 0.1) is 0 Å². The molecule has 0 bridgehead atoms. The first kappa shape index (κ1) is 21.8. The van der Waals surface area contributed by atoms with Crippen molar-refractivity contribution in [1.29, 1.82) is 0 Å². The number of halogens is 1. The van der Waals surface area contributed by atoms with Gasteiger partial charge < -0.3 is 5.73 Å². The fourth-order valence-electron chi connectivity index (χ4n) is 2.38. The fourth-order valence-corrected chi connectivity index (χ4v) is 6.04. The second-order valence-electron chi connectivity index (χ2n) is 5.53. The van der Waals surface area contributed by atoms with Crippen molar-refractivity contribution in [3.63, 3.8) is 0 Å². The van der Waals surface area contributed by atoms with Crippen molar-refractivity contribution < 1.29 is 16.8 Å². The normalized spacial score (nSPS) is 19.8. The number of hydrogen-bond donors (Lipinski definition) is 2. The lowest BCUT2D eigenvalue weighted by atomic mass is 10.1. The number of thiophene rings is 1. The number of nitrogens with one attached hydrogen (secondary N) is 1. The van der Waals surface area contributed by atoms with Crippen molar-refractivity contribution in [2.45, 2.75) is 36.4 Å². The smallest absolute Gasteiger partial charge is 0.252 e. The lowest BCUT2D eigenvalue weighted by molar-refractivity contribution is 0.316. The molecule has 3 N–H and O–H groups in total. The number of hydrogen-bond acceptors (Lipinski definition) is 6. The summed E-state index contributed by atoms with van der Waals surface area (Å²) < 4.78 is 52.1. The van der Waals surface area contributed by atoms with Crippen LogP contribution in [-0.4, -0.2) is 52.6 Å². The van der Waals surface area contributed by atoms with Crippen LogP contribution < -0.4 is 10.5 Å². The molecule has 1 unspecified atom stereocenters. The van der Waals surface area contributed by atoms with Crippen molar-refractivity contribution in [3.8, 4) is 0 Å². The van der Waals surface area contributed by atoms with Crippen LogP contribution in [-0.2, 0) is 26.5 Å². The Bertz CT molecular complexity index is 733. The number of nitrogens with zero attached hydrogens (tertiary/aromatic N) is 1. The highest BCUT2D eigenvalue weighted by Gasteiger charge is 2.29. The van der Waals surface area contributed by atoms with Crippen molar-refractivity contribution in [2.75, 3.05) is 25.4 Å². The van der Waals surface area contributed by atoms with Gasteiger partial charge in [0.25, 0.3) is 10.0 Å². The van der Waals surface area contributed by atoms with E-state index in [0.717, 1.165) is 17.7 Å². The molecular formula is C13H24ClN3O4S3. The summed E-state index contributed by atoms with van der Waals surface area (Å²) in [5.74, 6) is 0.0340. The Morgan fingerprint density at radius 1 is 1.33 bits per heavy atom. The molecule has 24 heavy (non-hydrogen) atoms. The summed E-state index contributed by atoms with van der Waals surface area (Å²) in [6, 6.07) is 3.22. The Hall–Kier alpha value is -0.230. The summed E-state index contributed by atoms with van der Waals surface area (Å²) >= 11 is 1.19. The molecule has 1 atom stereocenters. The van der Waals surface area contributed by atoms with Crippen LogP contribution in [0.1, 0.15) is 24.6 Å². The monoisotopic (exact) mass is 417 g/mol. The van der Waals surface area contributed by atoms with Crippen molar-refractivity contribution in [2.24, 2.45) is 5.73 Å². The number of sulfonamides is 2. The standard InChI is InChI=1S/C13H23N3O4S3.ClH/c1-2-22(17,18)15-8-7-12-5-6-13(21-12)23(19,20)16-9-3-4-11(14)10-16;/h5-6,11,15H,2-4,7-10,14H2,1H3;1H. The number of nitrogens with two attached hydrogens (primary N) is 1. The van der Waals surface area contributed by atoms with Gasteiger partial charge >= 0.3 is 0 Å². The molecule has 2 rings (SSSR count). The van der Waals surface area contributed by atoms with Gasteiger partial charge in [0.1, 0.15) is 4.21 Å². The number of piperidine rings is 1. The predicted molar refractivity (Wildman–Crippen MR) is 98.7 cm³/mol. The van der Waals surface area contributed by atoms with Gasteiger partial charge in [-0.15, -0.1) is 23.7 Å². The molecule has 0 aliphatic carbocycles. The maximum Gasteiger partial charge on any atom is 0.252 e. The lowest BCUT2D eigenvalue weighted by Gasteiger charge is -2.29. The van der Waals surface area contributed by atoms with Gasteiger partial charge in [-0.3, -0.25) is 0 Å². The molecule has 0 radical (unpaired) electrons. The second-order valence-corrected chi connectivity index (χ2v) is 11.0. The molecule has 1 aliphatic rings. The van der Waals surface area contributed by atoms with Gasteiger partial charge in [0, 0.05) is 30.6 Å². The highest BCUT2D eigenvalue weighted by Crippen LogP contribution is 2.27. The summed E-state index contributed by atoms with van der Waals surface area (Å²) in [6.45, 7) is 2.69. The average Bonchev–Trinajstić information content (AvgIpc) is 2.97. The van der Waals surface area contributed by atoms with Gasteiger partial charge in [0.2, 0.25) is 10.0 Å². The second kappa shape index (κ2) is 8.93. The van der Waals surface area contributed by atoms with Crippen molar-refractivity contribution in [3.05, 3.63) is 17.0 Å². The molecule has 7 nitrogen and oxygen atoms in total. The zero-order chi connectivity index (χ0) is 17.1. The van der Waals surface area contributed by atoms with Gasteiger partial charge in [-0.05, 0) is 38.3 Å². The van der Waals surface area contributed by atoms with E-state index in [1.54, 1.807) is 19.1 Å². The Morgan fingerprint density at radius 3 is 2.67 bits per heavy atom. The van der Waals surface area contributed by atoms with Gasteiger partial charge in [-0.1, -0.05) is 0 Å². The quantitative estimate of drug-likeness (QED) is 0.680. The Balaban J connectivity index is 0.00000288. The molecule has 0 amide bonds. The van der Waals surface area contributed by atoms with E-state index in [2.05, 4.69) is 4.72 Å². The van der Waals surface area contributed by atoms with E-state index in [1.165, 1.54) is 15.6 Å². The van der Waals surface area contributed by atoms with Crippen LogP contribution in [0.3, 0.4) is 0 Å². The highest BCUT2D eigenvalue weighted by atomic mass is 35.5. The molecule has 1 aromatic rings. The minimum atomic E-state index is -3.50. The van der Waals surface area contributed by atoms with Gasteiger partial charge in [0.15, 0.2) is 0 Å². The van der Waals surface area contributed by atoms with E-state index in [0.29, 0.717) is 23.7 Å². The minimum Gasteiger partial charge on any atom is -0.327 e. The molecule has 0 spiro atoms. The third-order valence-corrected chi connectivity index (χ3v) is 8.61. The highest BCUT2D eigenvalue weighted by molar-refractivity contribution is 7.91. The molecule has 1 aliphatic heterocycles. The van der Waals surface area contributed by atoms with E-state index in [4.69, 9.17) is 5.73 Å². The Kier molecular flexibility index (Phi) is 8.11. The first-order chi connectivity index (χ1) is 10.7. The van der Waals surface area contributed by atoms with Crippen LogP contribution in [0.2, 0.25) is 0 Å². The van der Waals surface area contributed by atoms with Crippen LogP contribution in [0.4, 0.5) is 0 Å². The van der Waals surface area contributed by atoms with Crippen molar-refractivity contribution >= 4 is 43.8 Å². The van der Waals surface area contributed by atoms with Crippen LogP contribution in [0.25, 0.3) is 0 Å². The molecule has 11 heteroatoms. The molecule has 1 saturated heterocycles. The van der Waals surface area contributed by atoms with Crippen LogP contribution in [0.15, 0.2) is 16.3 Å². The van der Waals surface area contributed by atoms with Crippen LogP contribution >= 0.6 is 23.7 Å². The van der Waals surface area contributed by atoms with Gasteiger partial charge in [-0.25, -0.2) is 21.6 Å². The first-order valence-corrected chi connectivity index (χ1v) is 11.5. The first-order valence-electron chi connectivity index (χ1n) is 7.56. The van der Waals surface area contributed by atoms with Gasteiger partial charge in [-0.2, -0.15) is 4.31 Å². The Morgan fingerprint density at radius 2 is 2.04 bits per heavy atom. The number of rotatable bonds is 7. The summed E-state index contributed by atoms with van der Waals surface area (Å²) in [5, 5.41) is 0. The zero-order valence-corrected chi connectivity index (χ0v) is 16.7. The average molecular weight is 418 g/mol. The summed E-state index contributed by atoms with van der Waals surface area (Å²) in [6.07, 6.45) is 2.09. The summed E-state index contributed by atoms with van der Waals surface area (Å²) in [4.78, 5) is 0.837. The Labute approximate surface area is 154 Å². The van der Waals surface area contributed by atoms with Crippen LogP contribution in [0.5, 0.6) is 0 Å². The third kappa shape index (κ3) is 5.65. The molecule has 2 heterocycles.